The maximum Gasteiger partial charge on any atom is 0.319 e. The summed E-state index contributed by atoms with van der Waals surface area (Å²) in [5.74, 6) is -0.509. The molecule has 1 atom stereocenters. The number of nitrogens with one attached hydrogen (secondary N) is 2. The standard InChI is InChI=1S/C12H17N3O3S/c1-6(16)5-14-12(18)15-11-9(10(13)17)7-3-2-4-8(7)19-11/h6,16H,2-5H2,1H3,(H2,13,17)(H2,14,15,18)/t6-/m0/s1. The first-order valence-corrected chi connectivity index (χ1v) is 6.98. The molecule has 1 aliphatic rings. The molecule has 5 N–H and O–H groups in total. The lowest BCUT2D eigenvalue weighted by Gasteiger charge is -2.09. The summed E-state index contributed by atoms with van der Waals surface area (Å²) in [5.41, 5.74) is 6.80. The van der Waals surface area contributed by atoms with Crippen molar-refractivity contribution in [2.75, 3.05) is 11.9 Å². The Morgan fingerprint density at radius 1 is 1.47 bits per heavy atom. The molecule has 0 saturated carbocycles. The normalized spacial score (nSPS) is 14.8. The van der Waals surface area contributed by atoms with Gasteiger partial charge in [0.15, 0.2) is 0 Å². The number of nitrogens with two attached hydrogens (primary N) is 1. The number of aliphatic hydroxyl groups excluding tert-OH is 1. The molecule has 1 aromatic heterocycles. The van der Waals surface area contributed by atoms with Gasteiger partial charge in [-0.1, -0.05) is 0 Å². The molecule has 0 fully saturated rings. The van der Waals surface area contributed by atoms with Gasteiger partial charge in [0.25, 0.3) is 5.91 Å². The Bertz CT molecular complexity index is 511. The zero-order chi connectivity index (χ0) is 14.0. The fourth-order valence-electron chi connectivity index (χ4n) is 2.14. The van der Waals surface area contributed by atoms with Crippen LogP contribution in [0.5, 0.6) is 0 Å². The molecule has 0 radical (unpaired) electrons. The molecule has 0 saturated heterocycles. The van der Waals surface area contributed by atoms with Crippen LogP contribution in [0, 0.1) is 0 Å². The van der Waals surface area contributed by atoms with Gasteiger partial charge in [0.05, 0.1) is 11.7 Å². The number of hydrogen-bond donors (Lipinski definition) is 4. The Morgan fingerprint density at radius 3 is 2.84 bits per heavy atom. The Labute approximate surface area is 115 Å². The fourth-order valence-corrected chi connectivity index (χ4v) is 3.43. The van der Waals surface area contributed by atoms with Crippen molar-refractivity contribution >= 4 is 28.3 Å². The minimum Gasteiger partial charge on any atom is -0.392 e. The van der Waals surface area contributed by atoms with E-state index in [-0.39, 0.29) is 6.54 Å². The van der Waals surface area contributed by atoms with Gasteiger partial charge in [-0.2, -0.15) is 0 Å². The second-order valence-electron chi connectivity index (χ2n) is 4.61. The zero-order valence-corrected chi connectivity index (χ0v) is 11.5. The number of hydrogen-bond acceptors (Lipinski definition) is 4. The van der Waals surface area contributed by atoms with Crippen molar-refractivity contribution in [1.82, 2.24) is 5.32 Å². The fraction of sp³-hybridized carbons (Fsp3) is 0.500. The third-order valence-corrected chi connectivity index (χ3v) is 4.16. The molecule has 6 nitrogen and oxygen atoms in total. The summed E-state index contributed by atoms with van der Waals surface area (Å²) < 4.78 is 0. The lowest BCUT2D eigenvalue weighted by Crippen LogP contribution is -2.34. The highest BCUT2D eigenvalue weighted by atomic mass is 32.1. The van der Waals surface area contributed by atoms with Crippen LogP contribution in [0.15, 0.2) is 0 Å². The van der Waals surface area contributed by atoms with Crippen molar-refractivity contribution in [1.29, 1.82) is 0 Å². The Balaban J connectivity index is 2.12. The van der Waals surface area contributed by atoms with Gasteiger partial charge in [-0.25, -0.2) is 4.79 Å². The van der Waals surface area contributed by atoms with E-state index in [1.165, 1.54) is 11.3 Å². The largest absolute Gasteiger partial charge is 0.392 e. The van der Waals surface area contributed by atoms with Crippen molar-refractivity contribution in [3.05, 3.63) is 16.0 Å². The Morgan fingerprint density at radius 2 is 2.21 bits per heavy atom. The van der Waals surface area contributed by atoms with E-state index < -0.39 is 18.0 Å². The molecule has 0 spiro atoms. The first-order valence-electron chi connectivity index (χ1n) is 6.16. The summed E-state index contributed by atoms with van der Waals surface area (Å²) >= 11 is 1.40. The molecule has 104 valence electrons. The number of amides is 3. The van der Waals surface area contributed by atoms with Crippen LogP contribution in [-0.4, -0.2) is 29.7 Å². The first kappa shape index (κ1) is 13.8. The second-order valence-corrected chi connectivity index (χ2v) is 5.71. The smallest absolute Gasteiger partial charge is 0.319 e. The number of fused-ring (bicyclic) bond motifs is 1. The molecule has 7 heteroatoms. The Kier molecular flexibility index (Phi) is 4.06. The monoisotopic (exact) mass is 283 g/mol. The molecule has 1 aromatic rings. The highest BCUT2D eigenvalue weighted by molar-refractivity contribution is 7.17. The zero-order valence-electron chi connectivity index (χ0n) is 10.7. The minimum atomic E-state index is -0.616. The second kappa shape index (κ2) is 5.58. The van der Waals surface area contributed by atoms with Crippen LogP contribution in [-0.2, 0) is 12.8 Å². The average Bonchev–Trinajstić information content (AvgIpc) is 2.85. The molecule has 0 bridgehead atoms. The van der Waals surface area contributed by atoms with Crippen molar-refractivity contribution < 1.29 is 14.7 Å². The quantitative estimate of drug-likeness (QED) is 0.658. The molecule has 0 aliphatic heterocycles. The van der Waals surface area contributed by atoms with E-state index in [2.05, 4.69) is 10.6 Å². The van der Waals surface area contributed by atoms with Crippen molar-refractivity contribution in [3.63, 3.8) is 0 Å². The summed E-state index contributed by atoms with van der Waals surface area (Å²) in [7, 11) is 0. The van der Waals surface area contributed by atoms with Crippen molar-refractivity contribution in [2.24, 2.45) is 5.73 Å². The van der Waals surface area contributed by atoms with Crippen LogP contribution >= 0.6 is 11.3 Å². The van der Waals surface area contributed by atoms with Crippen LogP contribution in [0.4, 0.5) is 9.80 Å². The number of carbonyl (C=O) groups excluding carboxylic acids is 2. The van der Waals surface area contributed by atoms with Crippen LogP contribution in [0.1, 0.15) is 34.1 Å². The number of thiophene rings is 1. The molecular weight excluding hydrogens is 266 g/mol. The van der Waals surface area contributed by atoms with Gasteiger partial charge >= 0.3 is 6.03 Å². The minimum absolute atomic E-state index is 0.156. The molecule has 3 amide bonds. The highest BCUT2D eigenvalue weighted by Crippen LogP contribution is 2.38. The highest BCUT2D eigenvalue weighted by Gasteiger charge is 2.26. The molecule has 2 rings (SSSR count). The lowest BCUT2D eigenvalue weighted by molar-refractivity contribution is 0.100. The SMILES string of the molecule is C[C@H](O)CNC(=O)Nc1sc2c(c1C(N)=O)CCC2. The topological polar surface area (TPSA) is 104 Å². The number of rotatable bonds is 4. The number of anilines is 1. The summed E-state index contributed by atoms with van der Waals surface area (Å²) in [5, 5.41) is 14.7. The summed E-state index contributed by atoms with van der Waals surface area (Å²) in [6.45, 7) is 1.73. The van der Waals surface area contributed by atoms with E-state index >= 15 is 0 Å². The van der Waals surface area contributed by atoms with Gasteiger partial charge in [0, 0.05) is 11.4 Å². The predicted molar refractivity (Wildman–Crippen MR) is 73.6 cm³/mol. The van der Waals surface area contributed by atoms with Gasteiger partial charge in [-0.3, -0.25) is 10.1 Å². The van der Waals surface area contributed by atoms with Crippen LogP contribution in [0.3, 0.4) is 0 Å². The van der Waals surface area contributed by atoms with E-state index in [4.69, 9.17) is 10.8 Å². The maximum atomic E-state index is 11.6. The number of aryl methyl sites for hydroxylation is 1. The summed E-state index contributed by atoms with van der Waals surface area (Å²) in [4.78, 5) is 24.3. The predicted octanol–water partition coefficient (Wildman–Crippen LogP) is 0.838. The number of urea groups is 1. The first-order chi connectivity index (χ1) is 8.99. The molecular formula is C12H17N3O3S. The van der Waals surface area contributed by atoms with E-state index in [0.717, 1.165) is 29.7 Å². The Hall–Kier alpha value is -1.60. The van der Waals surface area contributed by atoms with E-state index in [1.54, 1.807) is 6.92 Å². The van der Waals surface area contributed by atoms with Crippen LogP contribution in [0.25, 0.3) is 0 Å². The average molecular weight is 283 g/mol. The van der Waals surface area contributed by atoms with E-state index in [9.17, 15) is 9.59 Å². The molecule has 1 heterocycles. The van der Waals surface area contributed by atoms with E-state index in [0.29, 0.717) is 10.6 Å². The van der Waals surface area contributed by atoms with Crippen molar-refractivity contribution in [3.8, 4) is 0 Å². The van der Waals surface area contributed by atoms with Crippen LogP contribution in [0.2, 0.25) is 0 Å². The number of aliphatic hydroxyl groups is 1. The number of primary amides is 1. The maximum absolute atomic E-state index is 11.6. The molecule has 1 aliphatic carbocycles. The van der Waals surface area contributed by atoms with Gasteiger partial charge < -0.3 is 16.2 Å². The molecule has 0 aromatic carbocycles. The lowest BCUT2D eigenvalue weighted by atomic mass is 10.1. The van der Waals surface area contributed by atoms with E-state index in [1.807, 2.05) is 0 Å². The third kappa shape index (κ3) is 3.05. The summed E-state index contributed by atoms with van der Waals surface area (Å²) in [6, 6.07) is -0.441. The third-order valence-electron chi connectivity index (χ3n) is 2.95. The molecule has 19 heavy (non-hydrogen) atoms. The van der Waals surface area contributed by atoms with Gasteiger partial charge in [0.2, 0.25) is 0 Å². The van der Waals surface area contributed by atoms with Crippen molar-refractivity contribution in [2.45, 2.75) is 32.3 Å². The van der Waals surface area contributed by atoms with Crippen LogP contribution < -0.4 is 16.4 Å². The number of carbonyl (C=O) groups is 2. The summed E-state index contributed by atoms with van der Waals surface area (Å²) in [6.07, 6.45) is 2.17. The molecule has 0 unspecified atom stereocenters. The van der Waals surface area contributed by atoms with Gasteiger partial charge in [0.1, 0.15) is 5.00 Å². The van der Waals surface area contributed by atoms with Gasteiger partial charge in [-0.15, -0.1) is 11.3 Å². The van der Waals surface area contributed by atoms with Gasteiger partial charge in [-0.05, 0) is 31.7 Å².